The Morgan fingerprint density at radius 1 is 1.32 bits per heavy atom. The Kier molecular flexibility index (Phi) is 3.71. The summed E-state index contributed by atoms with van der Waals surface area (Å²) in [7, 11) is 4.29. The average Bonchev–Trinajstić information content (AvgIpc) is 2.65. The third-order valence-electron chi connectivity index (χ3n) is 4.68. The van der Waals surface area contributed by atoms with Gasteiger partial charge in [-0.3, -0.25) is 4.90 Å². The molecule has 2 bridgehead atoms. The van der Waals surface area contributed by atoms with Crippen LogP contribution in [-0.4, -0.2) is 49.2 Å². The Morgan fingerprint density at radius 3 is 3.00 bits per heavy atom. The summed E-state index contributed by atoms with van der Waals surface area (Å²) in [6, 6.07) is 5.71. The Labute approximate surface area is 115 Å². The SMILES string of the molecule is CNCc1cccnc1N1CCC2CCC(C1)N2C. The van der Waals surface area contributed by atoms with Crippen molar-refractivity contribution in [1.29, 1.82) is 0 Å². The maximum absolute atomic E-state index is 4.64. The van der Waals surface area contributed by atoms with Gasteiger partial charge < -0.3 is 10.2 Å². The van der Waals surface area contributed by atoms with Crippen molar-refractivity contribution in [2.24, 2.45) is 0 Å². The highest BCUT2D eigenvalue weighted by Gasteiger charge is 2.35. The number of fused-ring (bicyclic) bond motifs is 2. The lowest BCUT2D eigenvalue weighted by atomic mass is 10.1. The van der Waals surface area contributed by atoms with E-state index in [1.165, 1.54) is 30.6 Å². The van der Waals surface area contributed by atoms with Crippen molar-refractivity contribution in [3.05, 3.63) is 23.9 Å². The second-order valence-corrected chi connectivity index (χ2v) is 5.80. The number of rotatable bonds is 3. The van der Waals surface area contributed by atoms with Gasteiger partial charge in [0.15, 0.2) is 0 Å². The van der Waals surface area contributed by atoms with Crippen LogP contribution in [0.4, 0.5) is 5.82 Å². The van der Waals surface area contributed by atoms with Crippen LogP contribution in [0.15, 0.2) is 18.3 Å². The van der Waals surface area contributed by atoms with Crippen LogP contribution in [0.3, 0.4) is 0 Å². The van der Waals surface area contributed by atoms with Gasteiger partial charge in [0, 0.05) is 43.5 Å². The predicted molar refractivity (Wildman–Crippen MR) is 78.4 cm³/mol. The summed E-state index contributed by atoms with van der Waals surface area (Å²) in [4.78, 5) is 9.72. The van der Waals surface area contributed by atoms with Crippen molar-refractivity contribution in [2.75, 3.05) is 32.1 Å². The molecule has 0 spiro atoms. The van der Waals surface area contributed by atoms with Crippen LogP contribution in [0.1, 0.15) is 24.8 Å². The van der Waals surface area contributed by atoms with Gasteiger partial charge in [-0.25, -0.2) is 4.98 Å². The van der Waals surface area contributed by atoms with Gasteiger partial charge in [0.1, 0.15) is 5.82 Å². The quantitative estimate of drug-likeness (QED) is 0.892. The van der Waals surface area contributed by atoms with Gasteiger partial charge in [-0.1, -0.05) is 6.07 Å². The molecule has 1 aromatic heterocycles. The maximum Gasteiger partial charge on any atom is 0.133 e. The molecule has 4 heteroatoms. The first kappa shape index (κ1) is 12.9. The summed E-state index contributed by atoms with van der Waals surface area (Å²) in [6.45, 7) is 3.16. The number of hydrogen-bond donors (Lipinski definition) is 1. The zero-order valence-electron chi connectivity index (χ0n) is 12.0. The smallest absolute Gasteiger partial charge is 0.133 e. The van der Waals surface area contributed by atoms with Crippen molar-refractivity contribution in [3.8, 4) is 0 Å². The van der Waals surface area contributed by atoms with Gasteiger partial charge in [-0.2, -0.15) is 0 Å². The lowest BCUT2D eigenvalue weighted by Crippen LogP contribution is -2.37. The number of nitrogens with zero attached hydrogens (tertiary/aromatic N) is 3. The van der Waals surface area contributed by atoms with Crippen LogP contribution in [0.2, 0.25) is 0 Å². The van der Waals surface area contributed by atoms with E-state index in [1.807, 2.05) is 19.3 Å². The fraction of sp³-hybridized carbons (Fsp3) is 0.667. The second kappa shape index (κ2) is 5.47. The molecule has 0 aliphatic carbocycles. The molecule has 2 fully saturated rings. The molecule has 2 aliphatic heterocycles. The van der Waals surface area contributed by atoms with Gasteiger partial charge in [0.05, 0.1) is 0 Å². The second-order valence-electron chi connectivity index (χ2n) is 5.80. The molecule has 2 atom stereocenters. The molecular weight excluding hydrogens is 236 g/mol. The first-order valence-electron chi connectivity index (χ1n) is 7.35. The molecule has 1 N–H and O–H groups in total. The maximum atomic E-state index is 4.64. The molecule has 4 nitrogen and oxygen atoms in total. The molecule has 0 saturated carbocycles. The number of nitrogens with one attached hydrogen (secondary N) is 1. The monoisotopic (exact) mass is 260 g/mol. The minimum atomic E-state index is 0.706. The molecule has 104 valence electrons. The summed E-state index contributed by atoms with van der Waals surface area (Å²) in [5.74, 6) is 1.18. The summed E-state index contributed by atoms with van der Waals surface area (Å²) < 4.78 is 0. The van der Waals surface area contributed by atoms with Gasteiger partial charge in [-0.05, 0) is 39.4 Å². The number of pyridine rings is 1. The van der Waals surface area contributed by atoms with E-state index in [9.17, 15) is 0 Å². The largest absolute Gasteiger partial charge is 0.355 e. The van der Waals surface area contributed by atoms with Crippen molar-refractivity contribution in [2.45, 2.75) is 37.9 Å². The minimum absolute atomic E-state index is 0.706. The van der Waals surface area contributed by atoms with Crippen molar-refractivity contribution in [3.63, 3.8) is 0 Å². The van der Waals surface area contributed by atoms with Gasteiger partial charge >= 0.3 is 0 Å². The van der Waals surface area contributed by atoms with E-state index in [1.54, 1.807) is 0 Å². The highest BCUT2D eigenvalue weighted by atomic mass is 15.3. The molecule has 2 unspecified atom stereocenters. The Hall–Kier alpha value is -1.13. The normalized spacial score (nSPS) is 27.6. The van der Waals surface area contributed by atoms with Crippen LogP contribution >= 0.6 is 0 Å². The molecule has 0 aromatic carbocycles. The fourth-order valence-corrected chi connectivity index (χ4v) is 3.54. The van der Waals surface area contributed by atoms with Crippen LogP contribution in [0.5, 0.6) is 0 Å². The van der Waals surface area contributed by atoms with E-state index in [-0.39, 0.29) is 0 Å². The van der Waals surface area contributed by atoms with Gasteiger partial charge in [0.2, 0.25) is 0 Å². The lowest BCUT2D eigenvalue weighted by Gasteiger charge is -2.28. The topological polar surface area (TPSA) is 31.4 Å². The lowest BCUT2D eigenvalue weighted by molar-refractivity contribution is 0.254. The molecule has 3 heterocycles. The van der Waals surface area contributed by atoms with E-state index in [2.05, 4.69) is 33.2 Å². The third-order valence-corrected chi connectivity index (χ3v) is 4.68. The average molecular weight is 260 g/mol. The van der Waals surface area contributed by atoms with Gasteiger partial charge in [0.25, 0.3) is 0 Å². The fourth-order valence-electron chi connectivity index (χ4n) is 3.54. The molecule has 2 saturated heterocycles. The van der Waals surface area contributed by atoms with Crippen LogP contribution < -0.4 is 10.2 Å². The summed E-state index contributed by atoms with van der Waals surface area (Å²) >= 11 is 0. The minimum Gasteiger partial charge on any atom is -0.355 e. The Bertz CT molecular complexity index is 434. The zero-order valence-corrected chi connectivity index (χ0v) is 12.0. The summed E-state index contributed by atoms with van der Waals surface area (Å²) in [6.07, 6.45) is 5.90. The van der Waals surface area contributed by atoms with Crippen LogP contribution in [0.25, 0.3) is 0 Å². The highest BCUT2D eigenvalue weighted by molar-refractivity contribution is 5.47. The van der Waals surface area contributed by atoms with E-state index < -0.39 is 0 Å². The number of anilines is 1. The predicted octanol–water partition coefficient (Wildman–Crippen LogP) is 1.47. The molecule has 0 amide bonds. The van der Waals surface area contributed by atoms with Crippen LogP contribution in [0, 0.1) is 0 Å². The highest BCUT2D eigenvalue weighted by Crippen LogP contribution is 2.31. The molecular formula is C15H24N4. The molecule has 3 rings (SSSR count). The molecule has 1 aromatic rings. The summed E-state index contributed by atoms with van der Waals surface area (Å²) in [5, 5.41) is 3.24. The van der Waals surface area contributed by atoms with E-state index in [0.29, 0.717) is 6.04 Å². The molecule has 0 radical (unpaired) electrons. The van der Waals surface area contributed by atoms with E-state index in [0.717, 1.165) is 25.7 Å². The van der Waals surface area contributed by atoms with Crippen LogP contribution in [-0.2, 0) is 6.54 Å². The Balaban J connectivity index is 1.82. The number of aromatic nitrogens is 1. The van der Waals surface area contributed by atoms with E-state index in [4.69, 9.17) is 0 Å². The Morgan fingerprint density at radius 2 is 2.16 bits per heavy atom. The zero-order chi connectivity index (χ0) is 13.2. The third kappa shape index (κ3) is 2.47. The van der Waals surface area contributed by atoms with E-state index >= 15 is 0 Å². The summed E-state index contributed by atoms with van der Waals surface area (Å²) in [5.41, 5.74) is 1.31. The van der Waals surface area contributed by atoms with Crippen molar-refractivity contribution >= 4 is 5.82 Å². The van der Waals surface area contributed by atoms with Gasteiger partial charge in [-0.15, -0.1) is 0 Å². The number of hydrogen-bond acceptors (Lipinski definition) is 4. The first-order valence-corrected chi connectivity index (χ1v) is 7.35. The standard InChI is InChI=1S/C15H24N4/c1-16-10-12-4-3-8-17-15(12)19-9-7-13-5-6-14(11-19)18(13)2/h3-4,8,13-14,16H,5-7,9-11H2,1-2H3. The molecule has 19 heavy (non-hydrogen) atoms. The van der Waals surface area contributed by atoms with Crippen molar-refractivity contribution < 1.29 is 0 Å². The number of likely N-dealkylation sites (N-methyl/N-ethyl adjacent to an activating group) is 1. The first-order chi connectivity index (χ1) is 9.29. The molecule has 2 aliphatic rings. The van der Waals surface area contributed by atoms with Crippen molar-refractivity contribution in [1.82, 2.24) is 15.2 Å².